The fraction of sp³-hybridized carbons (Fsp3) is 0.308. The van der Waals surface area contributed by atoms with Crippen LogP contribution in [0.15, 0.2) is 71.3 Å². The van der Waals surface area contributed by atoms with Crippen molar-refractivity contribution >= 4 is 33.4 Å². The second kappa shape index (κ2) is 11.2. The van der Waals surface area contributed by atoms with Gasteiger partial charge in [-0.2, -0.15) is 13.2 Å². The van der Waals surface area contributed by atoms with Gasteiger partial charge < -0.3 is 15.2 Å². The second-order valence-corrected chi connectivity index (χ2v) is 10.3. The topological polar surface area (TPSA) is 71.5 Å². The summed E-state index contributed by atoms with van der Waals surface area (Å²) in [6.07, 6.45) is -3.47. The molecule has 0 aliphatic rings. The zero-order valence-corrected chi connectivity index (χ0v) is 21.9. The standard InChI is InChI=1S/C26H25BrClF3N2O3/c1-24(2,36-22-11-8-19(14-32-22)26(29,30)31)23(35)33-15-25(16-34,18-4-3-5-20(27)12-18)13-17-6-9-21(28)10-7-17/h3-12,14,34H,13,15-16H2,1-2H3,(H,33,35)/t25-/m0/s1. The van der Waals surface area contributed by atoms with Gasteiger partial charge in [-0.15, -0.1) is 0 Å². The van der Waals surface area contributed by atoms with E-state index in [1.165, 1.54) is 13.8 Å². The lowest BCUT2D eigenvalue weighted by Gasteiger charge is -2.35. The van der Waals surface area contributed by atoms with Crippen LogP contribution in [0.4, 0.5) is 13.2 Å². The molecule has 1 aromatic heterocycles. The number of nitrogens with zero attached hydrogens (tertiary/aromatic N) is 1. The van der Waals surface area contributed by atoms with Gasteiger partial charge in [0.15, 0.2) is 5.60 Å². The normalized spacial score (nSPS) is 13.7. The molecule has 36 heavy (non-hydrogen) atoms. The minimum absolute atomic E-state index is 0.0641. The maximum Gasteiger partial charge on any atom is 0.417 e. The number of amides is 1. The predicted molar refractivity (Wildman–Crippen MR) is 135 cm³/mol. The number of aliphatic hydroxyl groups is 1. The number of carbonyl (C=O) groups excluding carboxylic acids is 1. The molecule has 10 heteroatoms. The third-order valence-corrected chi connectivity index (χ3v) is 6.50. The second-order valence-electron chi connectivity index (χ2n) is 8.93. The molecule has 0 aliphatic heterocycles. The Bertz CT molecular complexity index is 1190. The minimum Gasteiger partial charge on any atom is -0.462 e. The summed E-state index contributed by atoms with van der Waals surface area (Å²) in [4.78, 5) is 16.8. The molecule has 5 nitrogen and oxygen atoms in total. The number of nitrogens with one attached hydrogen (secondary N) is 1. The first-order valence-electron chi connectivity index (χ1n) is 11.0. The zero-order valence-electron chi connectivity index (χ0n) is 19.6. The van der Waals surface area contributed by atoms with Gasteiger partial charge in [0.25, 0.3) is 5.91 Å². The summed E-state index contributed by atoms with van der Waals surface area (Å²) in [6.45, 7) is 2.77. The molecule has 0 saturated carbocycles. The quantitative estimate of drug-likeness (QED) is 0.325. The maximum atomic E-state index is 13.1. The van der Waals surface area contributed by atoms with Crippen molar-refractivity contribution in [3.05, 3.63) is 93.0 Å². The summed E-state index contributed by atoms with van der Waals surface area (Å²) in [6, 6.07) is 16.6. The first kappa shape index (κ1) is 28.0. The summed E-state index contributed by atoms with van der Waals surface area (Å²) in [5.41, 5.74) is -1.53. The number of aliphatic hydroxyl groups excluding tert-OH is 1. The highest BCUT2D eigenvalue weighted by molar-refractivity contribution is 9.10. The van der Waals surface area contributed by atoms with Crippen molar-refractivity contribution in [3.63, 3.8) is 0 Å². The lowest BCUT2D eigenvalue weighted by Crippen LogP contribution is -2.52. The molecule has 1 atom stereocenters. The van der Waals surface area contributed by atoms with Crippen molar-refractivity contribution in [3.8, 4) is 5.88 Å². The van der Waals surface area contributed by atoms with E-state index in [-0.39, 0.29) is 19.0 Å². The van der Waals surface area contributed by atoms with Gasteiger partial charge in [-0.25, -0.2) is 4.98 Å². The Hall–Kier alpha value is -2.62. The van der Waals surface area contributed by atoms with Crippen LogP contribution < -0.4 is 10.1 Å². The summed E-state index contributed by atoms with van der Waals surface area (Å²) in [5.74, 6) is -0.641. The average molecular weight is 586 g/mol. The van der Waals surface area contributed by atoms with Crippen molar-refractivity contribution in [2.75, 3.05) is 13.2 Å². The van der Waals surface area contributed by atoms with Gasteiger partial charge in [0.2, 0.25) is 5.88 Å². The van der Waals surface area contributed by atoms with Crippen molar-refractivity contribution in [1.82, 2.24) is 10.3 Å². The van der Waals surface area contributed by atoms with E-state index in [1.54, 1.807) is 12.1 Å². The van der Waals surface area contributed by atoms with Gasteiger partial charge >= 0.3 is 6.18 Å². The predicted octanol–water partition coefficient (Wildman–Crippen LogP) is 5.96. The van der Waals surface area contributed by atoms with Gasteiger partial charge in [0, 0.05) is 33.7 Å². The van der Waals surface area contributed by atoms with Gasteiger partial charge in [0.1, 0.15) is 0 Å². The highest BCUT2D eigenvalue weighted by Gasteiger charge is 2.37. The summed E-state index contributed by atoms with van der Waals surface area (Å²) in [7, 11) is 0. The molecule has 0 fully saturated rings. The zero-order chi connectivity index (χ0) is 26.6. The molecule has 0 radical (unpaired) electrons. The van der Waals surface area contributed by atoms with Crippen LogP contribution in [0.25, 0.3) is 0 Å². The summed E-state index contributed by atoms with van der Waals surface area (Å²) >= 11 is 9.48. The van der Waals surface area contributed by atoms with Crippen LogP contribution in [0.2, 0.25) is 5.02 Å². The monoisotopic (exact) mass is 584 g/mol. The minimum atomic E-state index is -4.53. The first-order valence-corrected chi connectivity index (χ1v) is 12.1. The molecule has 1 heterocycles. The van der Waals surface area contributed by atoms with Crippen molar-refractivity contribution in [1.29, 1.82) is 0 Å². The molecule has 3 aromatic rings. The molecule has 2 N–H and O–H groups in total. The Morgan fingerprint density at radius 3 is 2.33 bits per heavy atom. The fourth-order valence-corrected chi connectivity index (χ4v) is 4.18. The summed E-state index contributed by atoms with van der Waals surface area (Å²) < 4.78 is 44.8. The van der Waals surface area contributed by atoms with Crippen molar-refractivity contribution in [2.24, 2.45) is 0 Å². The number of hydrogen-bond acceptors (Lipinski definition) is 4. The van der Waals surface area contributed by atoms with E-state index in [2.05, 4.69) is 26.2 Å². The summed E-state index contributed by atoms with van der Waals surface area (Å²) in [5, 5.41) is 14.0. The molecule has 0 bridgehead atoms. The molecule has 1 amide bonds. The van der Waals surface area contributed by atoms with Crippen LogP contribution in [0, 0.1) is 0 Å². The molecule has 0 aliphatic carbocycles. The number of hydrogen-bond donors (Lipinski definition) is 2. The van der Waals surface area contributed by atoms with Gasteiger partial charge in [-0.05, 0) is 61.7 Å². The number of ether oxygens (including phenoxy) is 1. The van der Waals surface area contributed by atoms with Gasteiger partial charge in [-0.1, -0.05) is 51.8 Å². The first-order chi connectivity index (χ1) is 16.8. The Morgan fingerprint density at radius 1 is 1.08 bits per heavy atom. The van der Waals surface area contributed by atoms with E-state index in [4.69, 9.17) is 16.3 Å². The van der Waals surface area contributed by atoms with E-state index in [0.717, 1.165) is 27.7 Å². The van der Waals surface area contributed by atoms with Crippen LogP contribution >= 0.6 is 27.5 Å². The molecule has 0 unspecified atom stereocenters. The van der Waals surface area contributed by atoms with E-state index >= 15 is 0 Å². The van der Waals surface area contributed by atoms with Crippen LogP contribution in [0.1, 0.15) is 30.5 Å². The van der Waals surface area contributed by atoms with Crippen LogP contribution in [-0.2, 0) is 22.8 Å². The number of pyridine rings is 1. The van der Waals surface area contributed by atoms with E-state index in [0.29, 0.717) is 17.6 Å². The van der Waals surface area contributed by atoms with Gasteiger partial charge in [0.05, 0.1) is 12.2 Å². The van der Waals surface area contributed by atoms with Crippen LogP contribution in [-0.4, -0.2) is 34.8 Å². The Labute approximate surface area is 220 Å². The smallest absolute Gasteiger partial charge is 0.417 e. The third-order valence-electron chi connectivity index (χ3n) is 5.75. The van der Waals surface area contributed by atoms with E-state index in [9.17, 15) is 23.1 Å². The van der Waals surface area contributed by atoms with Crippen LogP contribution in [0.5, 0.6) is 5.88 Å². The molecule has 192 valence electrons. The highest BCUT2D eigenvalue weighted by atomic mass is 79.9. The SMILES string of the molecule is CC(C)(Oc1ccc(C(F)(F)F)cn1)C(=O)NC[C@](CO)(Cc1ccc(Cl)cc1)c1cccc(Br)c1. The number of rotatable bonds is 9. The van der Waals surface area contributed by atoms with Crippen molar-refractivity contribution < 1.29 is 27.8 Å². The lowest BCUT2D eigenvalue weighted by molar-refractivity contribution is -0.138. The molecular formula is C26H25BrClF3N2O3. The van der Waals surface area contributed by atoms with Gasteiger partial charge in [-0.3, -0.25) is 4.79 Å². The van der Waals surface area contributed by atoms with E-state index < -0.39 is 28.7 Å². The van der Waals surface area contributed by atoms with Crippen molar-refractivity contribution in [2.45, 2.75) is 37.5 Å². The maximum absolute atomic E-state index is 13.1. The Kier molecular flexibility index (Phi) is 8.69. The highest BCUT2D eigenvalue weighted by Crippen LogP contribution is 2.32. The van der Waals surface area contributed by atoms with E-state index in [1.807, 2.05) is 36.4 Å². The number of aromatic nitrogens is 1. The number of benzene rings is 2. The lowest BCUT2D eigenvalue weighted by atomic mass is 9.76. The third kappa shape index (κ3) is 6.99. The average Bonchev–Trinajstić information content (AvgIpc) is 2.82. The number of halogens is 5. The molecule has 0 spiro atoms. The number of alkyl halides is 3. The fourth-order valence-electron chi connectivity index (χ4n) is 3.66. The molecule has 3 rings (SSSR count). The Morgan fingerprint density at radius 2 is 1.78 bits per heavy atom. The molecular weight excluding hydrogens is 561 g/mol. The number of carbonyl (C=O) groups is 1. The largest absolute Gasteiger partial charge is 0.462 e. The van der Waals surface area contributed by atoms with Crippen LogP contribution in [0.3, 0.4) is 0 Å². The molecule has 0 saturated heterocycles. The Balaban J connectivity index is 1.80. The molecule has 2 aromatic carbocycles.